The third-order valence-corrected chi connectivity index (χ3v) is 4.14. The van der Waals surface area contributed by atoms with Gasteiger partial charge in [0.25, 0.3) is 0 Å². The van der Waals surface area contributed by atoms with E-state index in [9.17, 15) is 0 Å². The van der Waals surface area contributed by atoms with Gasteiger partial charge in [-0.25, -0.2) is 4.98 Å². The Morgan fingerprint density at radius 3 is 3.05 bits per heavy atom. The summed E-state index contributed by atoms with van der Waals surface area (Å²) in [5.74, 6) is 6.37. The van der Waals surface area contributed by atoms with Gasteiger partial charge >= 0.3 is 0 Å². The first kappa shape index (κ1) is 10.8. The minimum absolute atomic E-state index is 0.284. The van der Waals surface area contributed by atoms with E-state index in [4.69, 9.17) is 11.6 Å². The number of nitrogens with zero attached hydrogens (tertiary/aromatic N) is 3. The van der Waals surface area contributed by atoms with Gasteiger partial charge in [-0.3, -0.25) is 0 Å². The molecule has 0 radical (unpaired) electrons. The molecule has 6 nitrogen and oxygen atoms in total. The third-order valence-electron chi connectivity index (χ3n) is 4.14. The van der Waals surface area contributed by atoms with E-state index in [1.165, 1.54) is 4.79 Å². The van der Waals surface area contributed by atoms with Crippen LogP contribution in [-0.4, -0.2) is 25.9 Å². The molecule has 1 fully saturated rings. The predicted octanol–water partition coefficient (Wildman–Crippen LogP) is 1.22. The minimum Gasteiger partial charge on any atom is -0.346 e. The van der Waals surface area contributed by atoms with Crippen LogP contribution in [-0.2, 0) is 0 Å². The number of H-pyrrole nitrogens is 1. The van der Waals surface area contributed by atoms with Crippen molar-refractivity contribution in [3.8, 4) is 0 Å². The summed E-state index contributed by atoms with van der Waals surface area (Å²) < 4.78 is 0. The Hall–Kier alpha value is -2.08. The maximum atomic E-state index is 6.02. The lowest BCUT2D eigenvalue weighted by atomic mass is 9.99. The maximum Gasteiger partial charge on any atom is 0.138 e. The fraction of sp³-hybridized carbons (Fsp3) is 0.385. The van der Waals surface area contributed by atoms with E-state index in [2.05, 4.69) is 15.1 Å². The summed E-state index contributed by atoms with van der Waals surface area (Å²) >= 11 is 0. The fourth-order valence-electron chi connectivity index (χ4n) is 3.21. The SMILES string of the molecule is N[C@H]1CCC(c2nn(N)c3cnc4[nH]ccc4c23)C1. The van der Waals surface area contributed by atoms with Gasteiger partial charge in [-0.1, -0.05) is 0 Å². The molecule has 0 bridgehead atoms. The Morgan fingerprint density at radius 1 is 1.37 bits per heavy atom. The standard InChI is InChI=1S/C13H16N6/c14-8-2-1-7(5-8)12-11-9-3-4-16-13(9)17-6-10(11)19(15)18-12/h3-4,6-8H,1-2,5,14-15H2,(H,16,17)/t7?,8-/m0/s1. The molecule has 3 aromatic rings. The highest BCUT2D eigenvalue weighted by Crippen LogP contribution is 2.38. The van der Waals surface area contributed by atoms with Crippen molar-refractivity contribution in [3.05, 3.63) is 24.2 Å². The van der Waals surface area contributed by atoms with Gasteiger partial charge in [0.1, 0.15) is 11.2 Å². The average molecular weight is 256 g/mol. The van der Waals surface area contributed by atoms with Gasteiger partial charge in [0.05, 0.1) is 11.9 Å². The zero-order valence-electron chi connectivity index (χ0n) is 10.5. The van der Waals surface area contributed by atoms with Crippen LogP contribution in [0.4, 0.5) is 0 Å². The average Bonchev–Trinajstić information content (AvgIpc) is 3.07. The van der Waals surface area contributed by atoms with E-state index >= 15 is 0 Å². The van der Waals surface area contributed by atoms with Crippen molar-refractivity contribution >= 4 is 21.9 Å². The van der Waals surface area contributed by atoms with Gasteiger partial charge in [-0.05, 0) is 25.3 Å². The second kappa shape index (κ2) is 3.71. The van der Waals surface area contributed by atoms with E-state index in [1.54, 1.807) is 6.20 Å². The Kier molecular flexibility index (Phi) is 2.11. The van der Waals surface area contributed by atoms with Crippen molar-refractivity contribution in [2.45, 2.75) is 31.2 Å². The smallest absolute Gasteiger partial charge is 0.138 e. The number of fused-ring (bicyclic) bond motifs is 3. The van der Waals surface area contributed by atoms with E-state index in [-0.39, 0.29) is 6.04 Å². The highest BCUT2D eigenvalue weighted by atomic mass is 15.5. The number of nitrogen functional groups attached to an aromatic ring is 1. The molecule has 2 atom stereocenters. The Bertz CT molecular complexity index is 755. The van der Waals surface area contributed by atoms with E-state index in [0.717, 1.165) is 46.9 Å². The van der Waals surface area contributed by atoms with Crippen LogP contribution in [0, 0.1) is 0 Å². The second-order valence-corrected chi connectivity index (χ2v) is 5.36. The molecule has 0 spiro atoms. The van der Waals surface area contributed by atoms with Crippen molar-refractivity contribution in [1.29, 1.82) is 0 Å². The molecule has 1 unspecified atom stereocenters. The van der Waals surface area contributed by atoms with Crippen molar-refractivity contribution < 1.29 is 0 Å². The minimum atomic E-state index is 0.284. The molecule has 1 aliphatic rings. The number of aromatic amines is 1. The summed E-state index contributed by atoms with van der Waals surface area (Å²) in [5, 5.41) is 6.73. The van der Waals surface area contributed by atoms with Crippen LogP contribution >= 0.6 is 0 Å². The molecular formula is C13H16N6. The first-order valence-electron chi connectivity index (χ1n) is 6.59. The largest absolute Gasteiger partial charge is 0.346 e. The molecule has 0 saturated heterocycles. The molecule has 0 aromatic carbocycles. The van der Waals surface area contributed by atoms with Crippen LogP contribution in [0.3, 0.4) is 0 Å². The van der Waals surface area contributed by atoms with Crippen molar-refractivity contribution in [2.24, 2.45) is 5.73 Å². The van der Waals surface area contributed by atoms with Gasteiger partial charge in [0, 0.05) is 28.9 Å². The highest BCUT2D eigenvalue weighted by molar-refractivity contribution is 6.05. The van der Waals surface area contributed by atoms with Crippen LogP contribution in [0.5, 0.6) is 0 Å². The third kappa shape index (κ3) is 1.46. The molecule has 19 heavy (non-hydrogen) atoms. The van der Waals surface area contributed by atoms with Crippen molar-refractivity contribution in [1.82, 2.24) is 19.9 Å². The summed E-state index contributed by atoms with van der Waals surface area (Å²) in [4.78, 5) is 8.94. The number of hydrogen-bond acceptors (Lipinski definition) is 4. The van der Waals surface area contributed by atoms with Gasteiger partial charge in [-0.15, -0.1) is 0 Å². The van der Waals surface area contributed by atoms with Gasteiger partial charge in [-0.2, -0.15) is 9.89 Å². The first-order chi connectivity index (χ1) is 9.24. The summed E-state index contributed by atoms with van der Waals surface area (Å²) in [6.07, 6.45) is 6.81. The molecular weight excluding hydrogens is 240 g/mol. The summed E-state index contributed by atoms with van der Waals surface area (Å²) in [6, 6.07) is 2.32. The topological polar surface area (TPSA) is 98.5 Å². The number of aromatic nitrogens is 4. The number of nitrogens with two attached hydrogens (primary N) is 2. The highest BCUT2D eigenvalue weighted by Gasteiger charge is 2.28. The Balaban J connectivity index is 2.01. The van der Waals surface area contributed by atoms with E-state index < -0.39 is 0 Å². The normalized spacial score (nSPS) is 23.6. The Morgan fingerprint density at radius 2 is 2.26 bits per heavy atom. The Labute approximate surface area is 109 Å². The van der Waals surface area contributed by atoms with E-state index in [0.29, 0.717) is 5.92 Å². The number of hydrogen-bond donors (Lipinski definition) is 3. The fourth-order valence-corrected chi connectivity index (χ4v) is 3.21. The van der Waals surface area contributed by atoms with E-state index in [1.807, 2.05) is 12.3 Å². The van der Waals surface area contributed by atoms with Crippen LogP contribution < -0.4 is 11.6 Å². The molecule has 3 heterocycles. The maximum absolute atomic E-state index is 6.02. The number of nitrogens with one attached hydrogen (secondary N) is 1. The quantitative estimate of drug-likeness (QED) is 0.570. The summed E-state index contributed by atoms with van der Waals surface area (Å²) in [5.41, 5.74) is 8.84. The lowest BCUT2D eigenvalue weighted by molar-refractivity contribution is 0.652. The van der Waals surface area contributed by atoms with Crippen LogP contribution in [0.15, 0.2) is 18.5 Å². The van der Waals surface area contributed by atoms with Crippen molar-refractivity contribution in [3.63, 3.8) is 0 Å². The molecule has 4 rings (SSSR count). The summed E-state index contributed by atoms with van der Waals surface area (Å²) in [6.45, 7) is 0. The lowest BCUT2D eigenvalue weighted by Gasteiger charge is -2.06. The van der Waals surface area contributed by atoms with Crippen LogP contribution in [0.1, 0.15) is 30.9 Å². The van der Waals surface area contributed by atoms with Gasteiger partial charge in [0.2, 0.25) is 0 Å². The number of pyridine rings is 1. The molecule has 1 aliphatic carbocycles. The van der Waals surface area contributed by atoms with Crippen LogP contribution in [0.25, 0.3) is 21.9 Å². The zero-order chi connectivity index (χ0) is 13.0. The first-order valence-corrected chi connectivity index (χ1v) is 6.59. The van der Waals surface area contributed by atoms with Gasteiger partial charge in [0.15, 0.2) is 0 Å². The second-order valence-electron chi connectivity index (χ2n) is 5.36. The predicted molar refractivity (Wildman–Crippen MR) is 74.1 cm³/mol. The molecule has 1 saturated carbocycles. The van der Waals surface area contributed by atoms with Crippen molar-refractivity contribution in [2.75, 3.05) is 5.84 Å². The monoisotopic (exact) mass is 256 g/mol. The molecule has 3 aromatic heterocycles. The summed E-state index contributed by atoms with van der Waals surface area (Å²) in [7, 11) is 0. The van der Waals surface area contributed by atoms with Crippen LogP contribution in [0.2, 0.25) is 0 Å². The molecule has 0 aliphatic heterocycles. The zero-order valence-corrected chi connectivity index (χ0v) is 10.5. The molecule has 0 amide bonds. The number of rotatable bonds is 1. The molecule has 5 N–H and O–H groups in total. The molecule has 6 heteroatoms. The molecule has 98 valence electrons. The lowest BCUT2D eigenvalue weighted by Crippen LogP contribution is -2.15. The van der Waals surface area contributed by atoms with Gasteiger partial charge < -0.3 is 16.6 Å².